The molecule has 0 spiro atoms. The zero-order chi connectivity index (χ0) is 17.4. The number of aromatic carboxylic acids is 1. The molecule has 0 radical (unpaired) electrons. The molecule has 1 aromatic rings. The first-order valence-electron chi connectivity index (χ1n) is 8.56. The maximum absolute atomic E-state index is 10.8. The summed E-state index contributed by atoms with van der Waals surface area (Å²) in [6.07, 6.45) is 0. The lowest BCUT2D eigenvalue weighted by Gasteiger charge is -2.31. The molecule has 24 heavy (non-hydrogen) atoms. The second kappa shape index (κ2) is 9.91. The molecule has 6 heteroatoms. The molecule has 2 rings (SSSR count). The fourth-order valence-electron chi connectivity index (χ4n) is 2.70. The average Bonchev–Trinajstić information content (AvgIpc) is 2.59. The minimum absolute atomic E-state index is 0.283. The lowest BCUT2D eigenvalue weighted by Crippen LogP contribution is -2.43. The minimum Gasteiger partial charge on any atom is -0.492 e. The number of benzene rings is 1. The van der Waals surface area contributed by atoms with Gasteiger partial charge in [0.2, 0.25) is 0 Å². The monoisotopic (exact) mass is 352 g/mol. The van der Waals surface area contributed by atoms with Crippen LogP contribution in [0.4, 0.5) is 0 Å². The van der Waals surface area contributed by atoms with Gasteiger partial charge in [-0.3, -0.25) is 4.90 Å². The van der Waals surface area contributed by atoms with E-state index in [2.05, 4.69) is 23.6 Å². The minimum atomic E-state index is -0.913. The summed E-state index contributed by atoms with van der Waals surface area (Å²) < 4.78 is 5.76. The van der Waals surface area contributed by atoms with Gasteiger partial charge in [0, 0.05) is 50.3 Å². The Bertz CT molecular complexity index is 501. The Morgan fingerprint density at radius 3 is 2.50 bits per heavy atom. The van der Waals surface area contributed by atoms with E-state index in [1.807, 2.05) is 11.8 Å². The molecule has 134 valence electrons. The number of thioether (sulfide) groups is 1. The first-order valence-corrected chi connectivity index (χ1v) is 9.72. The highest BCUT2D eigenvalue weighted by molar-refractivity contribution is 7.99. The number of rotatable bonds is 9. The molecule has 0 atom stereocenters. The van der Waals surface area contributed by atoms with Crippen LogP contribution in [0.2, 0.25) is 0 Å². The molecule has 0 saturated carbocycles. The highest BCUT2D eigenvalue weighted by Crippen LogP contribution is 2.13. The molecule has 0 unspecified atom stereocenters. The molecular formula is C18H28N2O3S. The SMILES string of the molecule is CC(C)N(CCOc1ccc(C(=O)O)cc1)CCN1CCSCC1. The van der Waals surface area contributed by atoms with Crippen LogP contribution in [0.25, 0.3) is 0 Å². The van der Waals surface area contributed by atoms with Crippen molar-refractivity contribution in [3.05, 3.63) is 29.8 Å². The maximum atomic E-state index is 10.8. The zero-order valence-corrected chi connectivity index (χ0v) is 15.4. The Kier molecular flexibility index (Phi) is 7.88. The van der Waals surface area contributed by atoms with Gasteiger partial charge in [0.1, 0.15) is 12.4 Å². The molecule has 1 aliphatic heterocycles. The van der Waals surface area contributed by atoms with Crippen molar-refractivity contribution in [2.45, 2.75) is 19.9 Å². The summed E-state index contributed by atoms with van der Waals surface area (Å²) in [4.78, 5) is 15.8. The van der Waals surface area contributed by atoms with Gasteiger partial charge in [0.05, 0.1) is 5.56 Å². The molecule has 1 aromatic carbocycles. The lowest BCUT2D eigenvalue weighted by molar-refractivity contribution is 0.0697. The van der Waals surface area contributed by atoms with Crippen LogP contribution < -0.4 is 4.74 Å². The Balaban J connectivity index is 1.73. The first kappa shape index (κ1) is 19.1. The van der Waals surface area contributed by atoms with Gasteiger partial charge in [-0.15, -0.1) is 0 Å². The molecule has 5 nitrogen and oxygen atoms in total. The number of carbonyl (C=O) groups is 1. The van der Waals surface area contributed by atoms with E-state index < -0.39 is 5.97 Å². The van der Waals surface area contributed by atoms with E-state index in [1.165, 1.54) is 24.6 Å². The van der Waals surface area contributed by atoms with Crippen LogP contribution in [0.3, 0.4) is 0 Å². The Morgan fingerprint density at radius 1 is 1.25 bits per heavy atom. The third-order valence-corrected chi connectivity index (χ3v) is 5.23. The van der Waals surface area contributed by atoms with E-state index >= 15 is 0 Å². The van der Waals surface area contributed by atoms with Crippen molar-refractivity contribution in [1.29, 1.82) is 0 Å². The van der Waals surface area contributed by atoms with Crippen LogP contribution in [0.15, 0.2) is 24.3 Å². The Morgan fingerprint density at radius 2 is 1.92 bits per heavy atom. The van der Waals surface area contributed by atoms with Crippen molar-refractivity contribution in [3.8, 4) is 5.75 Å². The van der Waals surface area contributed by atoms with E-state index in [0.29, 0.717) is 12.6 Å². The fourth-order valence-corrected chi connectivity index (χ4v) is 3.68. The smallest absolute Gasteiger partial charge is 0.335 e. The standard InChI is InChI=1S/C18H28N2O3S/c1-15(2)20(8-7-19-10-13-24-14-11-19)9-12-23-17-5-3-16(4-6-17)18(21)22/h3-6,15H,7-14H2,1-2H3,(H,21,22). The topological polar surface area (TPSA) is 53.0 Å². The maximum Gasteiger partial charge on any atom is 0.335 e. The van der Waals surface area contributed by atoms with E-state index in [4.69, 9.17) is 9.84 Å². The lowest BCUT2D eigenvalue weighted by atomic mass is 10.2. The van der Waals surface area contributed by atoms with Gasteiger partial charge in [0.25, 0.3) is 0 Å². The van der Waals surface area contributed by atoms with Crippen LogP contribution in [-0.2, 0) is 0 Å². The Hall–Kier alpha value is -1.24. The van der Waals surface area contributed by atoms with E-state index in [1.54, 1.807) is 24.3 Å². The summed E-state index contributed by atoms with van der Waals surface area (Å²) in [5, 5.41) is 8.90. The molecule has 0 aliphatic carbocycles. The van der Waals surface area contributed by atoms with Crippen LogP contribution in [-0.4, -0.2) is 77.8 Å². The van der Waals surface area contributed by atoms with E-state index in [-0.39, 0.29) is 5.56 Å². The van der Waals surface area contributed by atoms with Crippen molar-refractivity contribution >= 4 is 17.7 Å². The van der Waals surface area contributed by atoms with E-state index in [0.717, 1.165) is 25.4 Å². The summed E-state index contributed by atoms with van der Waals surface area (Å²) in [7, 11) is 0. The number of carboxylic acids is 1. The molecule has 0 amide bonds. The summed E-state index contributed by atoms with van der Waals surface area (Å²) in [6, 6.07) is 7.07. The predicted octanol–water partition coefficient (Wildman–Crippen LogP) is 2.52. The van der Waals surface area contributed by atoms with Crippen molar-refractivity contribution in [3.63, 3.8) is 0 Å². The highest BCUT2D eigenvalue weighted by Gasteiger charge is 2.14. The van der Waals surface area contributed by atoms with Gasteiger partial charge in [-0.2, -0.15) is 11.8 Å². The van der Waals surface area contributed by atoms with Crippen LogP contribution >= 0.6 is 11.8 Å². The molecule has 1 fully saturated rings. The molecule has 1 aliphatic rings. The predicted molar refractivity (Wildman–Crippen MR) is 99.4 cm³/mol. The third-order valence-electron chi connectivity index (χ3n) is 4.29. The van der Waals surface area contributed by atoms with Crippen LogP contribution in [0.5, 0.6) is 5.75 Å². The normalized spacial score (nSPS) is 15.8. The number of carboxylic acid groups (broad SMARTS) is 1. The first-order chi connectivity index (χ1) is 11.6. The zero-order valence-electron chi connectivity index (χ0n) is 14.6. The molecular weight excluding hydrogens is 324 g/mol. The molecule has 1 N–H and O–H groups in total. The molecule has 1 saturated heterocycles. The van der Waals surface area contributed by atoms with Crippen LogP contribution in [0, 0.1) is 0 Å². The highest BCUT2D eigenvalue weighted by atomic mass is 32.2. The third kappa shape index (κ3) is 6.34. The number of hydrogen-bond donors (Lipinski definition) is 1. The van der Waals surface area contributed by atoms with Gasteiger partial charge < -0.3 is 14.7 Å². The average molecular weight is 353 g/mol. The van der Waals surface area contributed by atoms with Gasteiger partial charge in [0.15, 0.2) is 0 Å². The number of hydrogen-bond acceptors (Lipinski definition) is 5. The van der Waals surface area contributed by atoms with E-state index in [9.17, 15) is 4.79 Å². The van der Waals surface area contributed by atoms with Gasteiger partial charge >= 0.3 is 5.97 Å². The summed E-state index contributed by atoms with van der Waals surface area (Å²) in [5.41, 5.74) is 0.283. The summed E-state index contributed by atoms with van der Waals surface area (Å²) in [6.45, 7) is 10.5. The largest absolute Gasteiger partial charge is 0.492 e. The summed E-state index contributed by atoms with van der Waals surface area (Å²) in [5.74, 6) is 2.30. The number of nitrogens with zero attached hydrogens (tertiary/aromatic N) is 2. The molecule has 0 bridgehead atoms. The quantitative estimate of drug-likeness (QED) is 0.737. The number of ether oxygens (including phenoxy) is 1. The molecule has 1 heterocycles. The van der Waals surface area contributed by atoms with Crippen molar-refractivity contribution < 1.29 is 14.6 Å². The van der Waals surface area contributed by atoms with Crippen molar-refractivity contribution in [1.82, 2.24) is 9.80 Å². The summed E-state index contributed by atoms with van der Waals surface area (Å²) >= 11 is 2.04. The van der Waals surface area contributed by atoms with Gasteiger partial charge in [-0.1, -0.05) is 0 Å². The van der Waals surface area contributed by atoms with Gasteiger partial charge in [-0.25, -0.2) is 4.79 Å². The Labute approximate surface area is 149 Å². The second-order valence-corrected chi connectivity index (χ2v) is 7.49. The van der Waals surface area contributed by atoms with Crippen molar-refractivity contribution in [2.75, 3.05) is 50.8 Å². The van der Waals surface area contributed by atoms with Gasteiger partial charge in [-0.05, 0) is 38.1 Å². The second-order valence-electron chi connectivity index (χ2n) is 6.26. The van der Waals surface area contributed by atoms with Crippen LogP contribution in [0.1, 0.15) is 24.2 Å². The van der Waals surface area contributed by atoms with Crippen molar-refractivity contribution in [2.24, 2.45) is 0 Å². The molecule has 0 aromatic heterocycles. The fraction of sp³-hybridized carbons (Fsp3) is 0.611.